The van der Waals surface area contributed by atoms with Crippen molar-refractivity contribution >= 4 is 28.9 Å². The normalized spacial score (nSPS) is 24.4. The molecule has 0 saturated carbocycles. The van der Waals surface area contributed by atoms with Crippen molar-refractivity contribution in [1.29, 1.82) is 0 Å². The number of piperazine rings is 1. The summed E-state index contributed by atoms with van der Waals surface area (Å²) in [4.78, 5) is 27.7. The lowest BCUT2D eigenvalue weighted by atomic mass is 9.67. The largest absolute Gasteiger partial charge is 0.363 e. The number of benzene rings is 2. The molecule has 1 fully saturated rings. The van der Waals surface area contributed by atoms with Gasteiger partial charge in [-0.2, -0.15) is 10.1 Å². The highest BCUT2D eigenvalue weighted by molar-refractivity contribution is 6.20. The van der Waals surface area contributed by atoms with Crippen LogP contribution in [0.3, 0.4) is 0 Å². The second-order valence-electron chi connectivity index (χ2n) is 8.62. The Balaban J connectivity index is 1.46. The average molecular weight is 425 g/mol. The third-order valence-electron chi connectivity index (χ3n) is 7.02. The minimum atomic E-state index is -0.725. The molecule has 0 N–H and O–H groups in total. The maximum atomic E-state index is 14.1. The zero-order valence-corrected chi connectivity index (χ0v) is 17.9. The van der Waals surface area contributed by atoms with Gasteiger partial charge in [-0.3, -0.25) is 4.79 Å². The lowest BCUT2D eigenvalue weighted by Crippen LogP contribution is -2.67. The first kappa shape index (κ1) is 19.0. The lowest BCUT2D eigenvalue weighted by molar-refractivity contribution is -0.125. The van der Waals surface area contributed by atoms with Gasteiger partial charge >= 0.3 is 0 Å². The Morgan fingerprint density at radius 1 is 0.938 bits per heavy atom. The molecule has 1 spiro atoms. The molecular weight excluding hydrogens is 400 g/mol. The number of nitrogens with zero attached hydrogens (tertiary/aromatic N) is 6. The number of carbonyl (C=O) groups excluding carboxylic acids is 1. The van der Waals surface area contributed by atoms with E-state index >= 15 is 0 Å². The Hall–Kier alpha value is -3.74. The van der Waals surface area contributed by atoms with Gasteiger partial charge in [0.1, 0.15) is 5.41 Å². The standard InChI is InChI=1S/C25H24N6O/c1-18-25(23(32)31(28-18)20-9-3-2-4-10-20)16-19-8-5-6-11-21(19)30-15-14-29(17-22(25)30)24-26-12-7-13-27-24/h2-13,22H,14-17H2,1H3/t22-,25-/m1/s1. The monoisotopic (exact) mass is 424 g/mol. The minimum Gasteiger partial charge on any atom is -0.363 e. The summed E-state index contributed by atoms with van der Waals surface area (Å²) in [6.45, 7) is 4.27. The number of hydrazone groups is 1. The zero-order valence-electron chi connectivity index (χ0n) is 17.9. The molecule has 2 atom stereocenters. The molecule has 3 aromatic rings. The Kier molecular flexibility index (Phi) is 4.24. The van der Waals surface area contributed by atoms with Gasteiger partial charge in [0.05, 0.1) is 17.4 Å². The third kappa shape index (κ3) is 2.67. The topological polar surface area (TPSA) is 64.9 Å². The molecule has 160 valence electrons. The van der Waals surface area contributed by atoms with Crippen LogP contribution in [0.1, 0.15) is 12.5 Å². The molecule has 0 bridgehead atoms. The first-order chi connectivity index (χ1) is 15.7. The van der Waals surface area contributed by atoms with Crippen LogP contribution in [-0.2, 0) is 11.2 Å². The maximum absolute atomic E-state index is 14.1. The Morgan fingerprint density at radius 2 is 1.69 bits per heavy atom. The van der Waals surface area contributed by atoms with E-state index in [9.17, 15) is 4.79 Å². The number of amides is 1. The van der Waals surface area contributed by atoms with E-state index in [2.05, 4.69) is 44.0 Å². The molecule has 3 aliphatic heterocycles. The smallest absolute Gasteiger partial charge is 0.261 e. The zero-order chi connectivity index (χ0) is 21.7. The summed E-state index contributed by atoms with van der Waals surface area (Å²) < 4.78 is 0. The first-order valence-corrected chi connectivity index (χ1v) is 11.0. The van der Waals surface area contributed by atoms with E-state index in [1.54, 1.807) is 17.4 Å². The summed E-state index contributed by atoms with van der Waals surface area (Å²) in [6.07, 6.45) is 4.18. The van der Waals surface area contributed by atoms with E-state index in [0.29, 0.717) is 18.9 Å². The fourth-order valence-electron chi connectivity index (χ4n) is 5.45. The molecule has 6 rings (SSSR count). The highest BCUT2D eigenvalue weighted by atomic mass is 16.2. The summed E-state index contributed by atoms with van der Waals surface area (Å²) in [5.41, 5.74) is 3.36. The van der Waals surface area contributed by atoms with Crippen LogP contribution in [0.15, 0.2) is 78.2 Å². The number of fused-ring (bicyclic) bond motifs is 4. The van der Waals surface area contributed by atoms with E-state index in [1.165, 1.54) is 11.3 Å². The molecule has 4 heterocycles. The second-order valence-corrected chi connectivity index (χ2v) is 8.62. The Morgan fingerprint density at radius 3 is 2.50 bits per heavy atom. The molecule has 1 saturated heterocycles. The number of carbonyl (C=O) groups is 1. The van der Waals surface area contributed by atoms with Gasteiger partial charge in [0.25, 0.3) is 5.91 Å². The first-order valence-electron chi connectivity index (χ1n) is 11.0. The molecule has 1 aromatic heterocycles. The minimum absolute atomic E-state index is 0.0431. The number of rotatable bonds is 2. The summed E-state index contributed by atoms with van der Waals surface area (Å²) in [6, 6.07) is 19.9. The van der Waals surface area contributed by atoms with Gasteiger partial charge in [-0.1, -0.05) is 36.4 Å². The van der Waals surface area contributed by atoms with E-state index in [1.807, 2.05) is 43.3 Å². The molecule has 0 unspecified atom stereocenters. The molecule has 7 heteroatoms. The Bertz CT molecular complexity index is 1200. The third-order valence-corrected chi connectivity index (χ3v) is 7.02. The van der Waals surface area contributed by atoms with Crippen LogP contribution < -0.4 is 14.8 Å². The fourth-order valence-corrected chi connectivity index (χ4v) is 5.45. The molecule has 7 nitrogen and oxygen atoms in total. The SMILES string of the molecule is CC1=NN(c2ccccc2)C(=O)[C@]12Cc1ccccc1N1CCN(c3ncccn3)C[C@@H]12. The predicted octanol–water partition coefficient (Wildman–Crippen LogP) is 3.14. The lowest BCUT2D eigenvalue weighted by Gasteiger charge is -2.53. The predicted molar refractivity (Wildman–Crippen MR) is 125 cm³/mol. The van der Waals surface area contributed by atoms with E-state index < -0.39 is 5.41 Å². The van der Waals surface area contributed by atoms with E-state index in [0.717, 1.165) is 24.5 Å². The van der Waals surface area contributed by atoms with Gasteiger partial charge in [0.15, 0.2) is 0 Å². The summed E-state index contributed by atoms with van der Waals surface area (Å²) in [5.74, 6) is 0.752. The van der Waals surface area contributed by atoms with Gasteiger partial charge in [0, 0.05) is 37.7 Å². The molecule has 2 aromatic carbocycles. The van der Waals surface area contributed by atoms with Gasteiger partial charge in [-0.05, 0) is 43.2 Å². The molecule has 0 radical (unpaired) electrons. The van der Waals surface area contributed by atoms with Crippen molar-refractivity contribution in [1.82, 2.24) is 9.97 Å². The van der Waals surface area contributed by atoms with Crippen LogP contribution >= 0.6 is 0 Å². The highest BCUT2D eigenvalue weighted by Gasteiger charge is 2.60. The van der Waals surface area contributed by atoms with Gasteiger partial charge in [-0.25, -0.2) is 9.97 Å². The van der Waals surface area contributed by atoms with Crippen LogP contribution in [0.4, 0.5) is 17.3 Å². The summed E-state index contributed by atoms with van der Waals surface area (Å²) in [5, 5.41) is 6.40. The van der Waals surface area contributed by atoms with Crippen molar-refractivity contribution in [3.05, 3.63) is 78.6 Å². The quantitative estimate of drug-likeness (QED) is 0.632. The van der Waals surface area contributed by atoms with Gasteiger partial charge < -0.3 is 9.80 Å². The van der Waals surface area contributed by atoms with E-state index in [-0.39, 0.29) is 11.9 Å². The number of hydrogen-bond acceptors (Lipinski definition) is 6. The van der Waals surface area contributed by atoms with Crippen molar-refractivity contribution in [2.75, 3.05) is 34.4 Å². The van der Waals surface area contributed by atoms with Crippen molar-refractivity contribution in [3.63, 3.8) is 0 Å². The highest BCUT2D eigenvalue weighted by Crippen LogP contribution is 2.48. The van der Waals surface area contributed by atoms with Gasteiger partial charge in [-0.15, -0.1) is 0 Å². The van der Waals surface area contributed by atoms with E-state index in [4.69, 9.17) is 5.10 Å². The van der Waals surface area contributed by atoms with Gasteiger partial charge in [0.2, 0.25) is 5.95 Å². The van der Waals surface area contributed by atoms with Crippen LogP contribution in [0.5, 0.6) is 0 Å². The molecule has 3 aliphatic rings. The summed E-state index contributed by atoms with van der Waals surface area (Å²) >= 11 is 0. The van der Waals surface area contributed by atoms with Crippen LogP contribution in [0.2, 0.25) is 0 Å². The van der Waals surface area contributed by atoms with Crippen LogP contribution in [-0.4, -0.2) is 47.3 Å². The van der Waals surface area contributed by atoms with Crippen molar-refractivity contribution in [2.45, 2.75) is 19.4 Å². The summed E-state index contributed by atoms with van der Waals surface area (Å²) in [7, 11) is 0. The number of aromatic nitrogens is 2. The second kappa shape index (κ2) is 7.15. The molecule has 32 heavy (non-hydrogen) atoms. The fraction of sp³-hybridized carbons (Fsp3) is 0.280. The van der Waals surface area contributed by atoms with Crippen molar-refractivity contribution in [3.8, 4) is 0 Å². The number of para-hydroxylation sites is 2. The van der Waals surface area contributed by atoms with Crippen molar-refractivity contribution in [2.24, 2.45) is 10.5 Å². The Labute approximate surface area is 187 Å². The van der Waals surface area contributed by atoms with Crippen LogP contribution in [0.25, 0.3) is 0 Å². The average Bonchev–Trinajstić information content (AvgIpc) is 3.10. The van der Waals surface area contributed by atoms with Crippen LogP contribution in [0, 0.1) is 5.41 Å². The molecule has 0 aliphatic carbocycles. The molecular formula is C25H24N6O. The van der Waals surface area contributed by atoms with Crippen molar-refractivity contribution < 1.29 is 4.79 Å². The molecule has 1 amide bonds. The number of hydrogen-bond donors (Lipinski definition) is 0. The maximum Gasteiger partial charge on any atom is 0.261 e. The number of anilines is 3.